The molecule has 0 bridgehead atoms. The Hall–Kier alpha value is -4.93. The lowest BCUT2D eigenvalue weighted by molar-refractivity contribution is -0.167. The number of sulfonamides is 1. The molecule has 17 heteroatoms. The van der Waals surface area contributed by atoms with Crippen LogP contribution >= 0.6 is 0 Å². The van der Waals surface area contributed by atoms with E-state index in [-0.39, 0.29) is 17.2 Å². The summed E-state index contributed by atoms with van der Waals surface area (Å²) in [6, 6.07) is 9.76. The van der Waals surface area contributed by atoms with E-state index in [2.05, 4.69) is 5.32 Å². The number of likely N-dealkylation sites (N-methyl/N-ethyl adjacent to an activating group) is 2. The molecule has 316 valence electrons. The smallest absolute Gasteiger partial charge is 0.444 e. The first kappa shape index (κ1) is 48.2. The van der Waals surface area contributed by atoms with E-state index in [0.29, 0.717) is 0 Å². The van der Waals surface area contributed by atoms with Gasteiger partial charge >= 0.3 is 18.2 Å². The minimum atomic E-state index is -5.15. The molecule has 0 radical (unpaired) electrons. The maximum Gasteiger partial charge on any atom is 0.471 e. The van der Waals surface area contributed by atoms with E-state index >= 15 is 0 Å². The van der Waals surface area contributed by atoms with Crippen molar-refractivity contribution < 1.29 is 50.3 Å². The third kappa shape index (κ3) is 13.1. The Morgan fingerprint density at radius 1 is 0.807 bits per heavy atom. The van der Waals surface area contributed by atoms with Gasteiger partial charge in [0.1, 0.15) is 17.7 Å². The lowest BCUT2D eigenvalue weighted by atomic mass is 9.76. The van der Waals surface area contributed by atoms with Gasteiger partial charge in [-0.25, -0.2) is 17.9 Å². The number of nitrogens with one attached hydrogen (secondary N) is 3. The summed E-state index contributed by atoms with van der Waals surface area (Å²) in [5.74, 6) is -4.74. The van der Waals surface area contributed by atoms with Crippen LogP contribution in [0.15, 0.2) is 71.1 Å². The van der Waals surface area contributed by atoms with Crippen LogP contribution in [0.25, 0.3) is 0 Å². The van der Waals surface area contributed by atoms with E-state index in [9.17, 15) is 45.6 Å². The second-order valence-corrected chi connectivity index (χ2v) is 18.5. The molecule has 2 aromatic carbocycles. The van der Waals surface area contributed by atoms with Crippen molar-refractivity contribution in [1.82, 2.24) is 19.8 Å². The Kier molecular flexibility index (Phi) is 15.3. The Balaban J connectivity index is 2.43. The molecule has 0 fully saturated rings. The maximum absolute atomic E-state index is 14.5. The topological polar surface area (TPSA) is 171 Å². The number of amides is 5. The molecule has 0 heterocycles. The maximum atomic E-state index is 14.5. The van der Waals surface area contributed by atoms with E-state index in [1.54, 1.807) is 60.7 Å². The average molecular weight is 824 g/mol. The number of anilines is 1. The number of nitrogens with zero attached hydrogens (tertiary/aromatic N) is 2. The lowest BCUT2D eigenvalue weighted by Gasteiger charge is -2.42. The highest BCUT2D eigenvalue weighted by molar-refractivity contribution is 7.90. The first-order valence-corrected chi connectivity index (χ1v) is 19.6. The largest absolute Gasteiger partial charge is 0.471 e. The summed E-state index contributed by atoms with van der Waals surface area (Å²) >= 11 is 0. The molecule has 0 aliphatic rings. The lowest BCUT2D eigenvalue weighted by Crippen LogP contribution is -2.63. The molecule has 0 aromatic heterocycles. The van der Waals surface area contributed by atoms with Gasteiger partial charge in [0, 0.05) is 30.8 Å². The van der Waals surface area contributed by atoms with Crippen LogP contribution in [0.3, 0.4) is 0 Å². The van der Waals surface area contributed by atoms with Gasteiger partial charge < -0.3 is 20.3 Å². The highest BCUT2D eigenvalue weighted by Gasteiger charge is 2.46. The highest BCUT2D eigenvalue weighted by atomic mass is 32.2. The molecule has 0 saturated carbocycles. The Morgan fingerprint density at radius 2 is 1.33 bits per heavy atom. The second kappa shape index (κ2) is 18.1. The van der Waals surface area contributed by atoms with E-state index in [1.807, 2.05) is 48.9 Å². The molecule has 0 spiro atoms. The minimum Gasteiger partial charge on any atom is -0.444 e. The molecule has 3 unspecified atom stereocenters. The first-order chi connectivity index (χ1) is 25.8. The molecule has 2 rings (SSSR count). The third-order valence-corrected chi connectivity index (χ3v) is 10.4. The van der Waals surface area contributed by atoms with Crippen molar-refractivity contribution in [2.45, 2.75) is 116 Å². The van der Waals surface area contributed by atoms with Gasteiger partial charge in [-0.2, -0.15) is 13.2 Å². The van der Waals surface area contributed by atoms with Gasteiger partial charge in [-0.3, -0.25) is 24.1 Å². The Morgan fingerprint density at radius 3 is 1.79 bits per heavy atom. The SMILES string of the molecule is CC(=CC(C(C)C)N(C)C(=O)C(NC(=O)C(N(C)C(=O)OC(C)(C)C)C(C)(C)c1ccccc1)C(C)(C)C)C(=O)NS(=O)(=O)c1ccc(NC(=O)C(F)(F)F)cc1. The molecule has 2 aromatic rings. The number of halogens is 3. The van der Waals surface area contributed by atoms with E-state index in [4.69, 9.17) is 4.74 Å². The van der Waals surface area contributed by atoms with Crippen LogP contribution in [-0.4, -0.2) is 91.9 Å². The van der Waals surface area contributed by atoms with Gasteiger partial charge in [0.15, 0.2) is 0 Å². The van der Waals surface area contributed by atoms with E-state index in [0.717, 1.165) is 29.8 Å². The van der Waals surface area contributed by atoms with Crippen LogP contribution in [0.1, 0.15) is 81.7 Å². The van der Waals surface area contributed by atoms with Gasteiger partial charge in [0.05, 0.1) is 10.9 Å². The number of carbonyl (C=O) groups is 5. The third-order valence-electron chi connectivity index (χ3n) is 9.08. The molecule has 0 aliphatic heterocycles. The fraction of sp³-hybridized carbons (Fsp3) is 0.525. The molecule has 0 saturated heterocycles. The standard InChI is InChI=1S/C40H56F3N5O8S/c1-24(2)29(23-25(3)32(49)46-57(54,55)28-21-19-27(20-22-28)44-35(52)40(41,42)43)47(12)34(51)30(37(4,5)6)45-33(50)31(48(13)36(53)56-38(7,8)9)39(10,11)26-17-15-14-16-18-26/h14-24,29-31H,1-13H3,(H,44,52)(H,45,50)(H,46,49). The molecule has 13 nitrogen and oxygen atoms in total. The zero-order valence-corrected chi connectivity index (χ0v) is 35.6. The summed E-state index contributed by atoms with van der Waals surface area (Å²) in [4.78, 5) is 68.8. The summed E-state index contributed by atoms with van der Waals surface area (Å²) in [6.45, 7) is 19.0. The van der Waals surface area contributed by atoms with Crippen LogP contribution in [0, 0.1) is 11.3 Å². The Labute approximate surface area is 333 Å². The van der Waals surface area contributed by atoms with Crippen molar-refractivity contribution in [1.29, 1.82) is 0 Å². The molecular formula is C40H56F3N5O8S. The van der Waals surface area contributed by atoms with E-state index in [1.165, 1.54) is 36.9 Å². The fourth-order valence-corrected chi connectivity index (χ4v) is 6.95. The monoisotopic (exact) mass is 823 g/mol. The molecule has 0 aliphatic carbocycles. The van der Waals surface area contributed by atoms with Crippen molar-refractivity contribution in [2.75, 3.05) is 19.4 Å². The summed E-state index contributed by atoms with van der Waals surface area (Å²) in [6.07, 6.45) is -4.48. The minimum absolute atomic E-state index is 0.0778. The second-order valence-electron chi connectivity index (χ2n) is 16.8. The van der Waals surface area contributed by atoms with Crippen molar-refractivity contribution in [3.05, 3.63) is 71.8 Å². The van der Waals surface area contributed by atoms with Crippen LogP contribution in [0.4, 0.5) is 23.7 Å². The van der Waals surface area contributed by atoms with Crippen molar-refractivity contribution in [2.24, 2.45) is 11.3 Å². The fourth-order valence-electron chi connectivity index (χ4n) is 5.94. The molecular weight excluding hydrogens is 768 g/mol. The number of hydrogen-bond acceptors (Lipinski definition) is 8. The van der Waals surface area contributed by atoms with Gasteiger partial charge in [-0.05, 0) is 68.9 Å². The van der Waals surface area contributed by atoms with Gasteiger partial charge in [-0.1, -0.05) is 84.9 Å². The van der Waals surface area contributed by atoms with Gasteiger partial charge in [0.25, 0.3) is 15.9 Å². The summed E-state index contributed by atoms with van der Waals surface area (Å²) in [5.41, 5.74) is -2.35. The number of ether oxygens (including phenoxy) is 1. The summed E-state index contributed by atoms with van der Waals surface area (Å²) in [5, 5.41) is 4.52. The van der Waals surface area contributed by atoms with Crippen LogP contribution in [0.2, 0.25) is 0 Å². The van der Waals surface area contributed by atoms with Gasteiger partial charge in [-0.15, -0.1) is 0 Å². The first-order valence-electron chi connectivity index (χ1n) is 18.1. The van der Waals surface area contributed by atoms with Gasteiger partial charge in [0.2, 0.25) is 11.8 Å². The highest BCUT2D eigenvalue weighted by Crippen LogP contribution is 2.32. The van der Waals surface area contributed by atoms with E-state index < -0.39 is 85.4 Å². The predicted octanol–water partition coefficient (Wildman–Crippen LogP) is 6.17. The summed E-state index contributed by atoms with van der Waals surface area (Å²) in [7, 11) is -1.57. The predicted molar refractivity (Wildman–Crippen MR) is 210 cm³/mol. The molecule has 3 N–H and O–H groups in total. The van der Waals surface area contributed by atoms with Crippen LogP contribution in [0.5, 0.6) is 0 Å². The number of benzene rings is 2. The number of carbonyl (C=O) groups excluding carboxylic acids is 5. The summed E-state index contributed by atoms with van der Waals surface area (Å²) < 4.78 is 71.4. The number of rotatable bonds is 13. The normalized spacial score (nSPS) is 14.5. The average Bonchev–Trinajstić information content (AvgIpc) is 3.07. The molecule has 57 heavy (non-hydrogen) atoms. The van der Waals surface area contributed by atoms with Crippen LogP contribution in [-0.2, 0) is 39.4 Å². The van der Waals surface area contributed by atoms with Crippen molar-refractivity contribution in [3.63, 3.8) is 0 Å². The molecule has 3 atom stereocenters. The quantitative estimate of drug-likeness (QED) is 0.202. The number of alkyl halides is 3. The van der Waals surface area contributed by atoms with Crippen LogP contribution < -0.4 is 15.4 Å². The zero-order chi connectivity index (χ0) is 44.1. The molecule has 5 amide bonds. The number of hydrogen-bond donors (Lipinski definition) is 3. The van der Waals surface area contributed by atoms with Crippen molar-refractivity contribution >= 4 is 45.4 Å². The Bertz CT molecular complexity index is 1920. The van der Waals surface area contributed by atoms with Crippen molar-refractivity contribution in [3.8, 4) is 0 Å². The zero-order valence-electron chi connectivity index (χ0n) is 34.8.